The molecule has 0 amide bonds. The Bertz CT molecular complexity index is 992. The van der Waals surface area contributed by atoms with E-state index in [1.54, 1.807) is 30.7 Å². The van der Waals surface area contributed by atoms with Crippen molar-refractivity contribution < 1.29 is 19.7 Å². The number of pyridine rings is 2. The number of carbonyl (C=O) groups is 1. The molecule has 0 saturated carbocycles. The summed E-state index contributed by atoms with van der Waals surface area (Å²) in [5, 5.41) is 19.9. The van der Waals surface area contributed by atoms with Crippen LogP contribution < -0.4 is 9.64 Å². The summed E-state index contributed by atoms with van der Waals surface area (Å²) in [5.74, 6) is -0.186. The fourth-order valence-corrected chi connectivity index (χ4v) is 3.20. The van der Waals surface area contributed by atoms with Gasteiger partial charge in [-0.3, -0.25) is 4.98 Å². The monoisotopic (exact) mass is 363 g/mol. The van der Waals surface area contributed by atoms with Gasteiger partial charge >= 0.3 is 5.97 Å². The number of rotatable bonds is 3. The minimum absolute atomic E-state index is 0.0488. The summed E-state index contributed by atoms with van der Waals surface area (Å²) in [7, 11) is 0. The second-order valence-corrected chi connectivity index (χ2v) is 6.18. The Morgan fingerprint density at radius 2 is 2.00 bits per heavy atom. The Labute approximate surface area is 155 Å². The molecule has 0 unspecified atom stereocenters. The van der Waals surface area contributed by atoms with Crippen LogP contribution in [0, 0.1) is 0 Å². The van der Waals surface area contributed by atoms with E-state index in [9.17, 15) is 15.0 Å². The average molecular weight is 363 g/mol. The molecular formula is C20H17N3O4. The van der Waals surface area contributed by atoms with Crippen LogP contribution in [0.4, 0.5) is 5.82 Å². The van der Waals surface area contributed by atoms with Crippen LogP contribution in [0.5, 0.6) is 11.5 Å². The molecule has 0 saturated heterocycles. The zero-order chi connectivity index (χ0) is 18.8. The molecule has 2 aromatic heterocycles. The van der Waals surface area contributed by atoms with Gasteiger partial charge in [-0.05, 0) is 35.9 Å². The summed E-state index contributed by atoms with van der Waals surface area (Å²) < 4.78 is 5.74. The van der Waals surface area contributed by atoms with E-state index in [-0.39, 0.29) is 11.3 Å². The number of carboxylic acid groups (broad SMARTS) is 1. The number of carboxylic acids is 1. The van der Waals surface area contributed by atoms with Crippen molar-refractivity contribution in [3.8, 4) is 22.6 Å². The van der Waals surface area contributed by atoms with Gasteiger partial charge in [0, 0.05) is 36.3 Å². The van der Waals surface area contributed by atoms with Crippen LogP contribution in [-0.4, -0.2) is 39.3 Å². The Morgan fingerprint density at radius 3 is 2.78 bits per heavy atom. The highest BCUT2D eigenvalue weighted by Crippen LogP contribution is 2.38. The van der Waals surface area contributed by atoms with Gasteiger partial charge in [0.15, 0.2) is 11.5 Å². The van der Waals surface area contributed by atoms with Gasteiger partial charge in [0.05, 0.1) is 6.54 Å². The minimum atomic E-state index is -1.03. The second kappa shape index (κ2) is 6.95. The van der Waals surface area contributed by atoms with Gasteiger partial charge in [-0.25, -0.2) is 9.78 Å². The van der Waals surface area contributed by atoms with Gasteiger partial charge in [-0.15, -0.1) is 0 Å². The number of phenols is 1. The molecule has 3 heterocycles. The van der Waals surface area contributed by atoms with E-state index < -0.39 is 5.97 Å². The lowest BCUT2D eigenvalue weighted by molar-refractivity contribution is 0.0697. The first-order valence-corrected chi connectivity index (χ1v) is 8.46. The molecule has 0 radical (unpaired) electrons. The van der Waals surface area contributed by atoms with Crippen LogP contribution in [-0.2, 0) is 6.54 Å². The lowest BCUT2D eigenvalue weighted by atomic mass is 10.0. The van der Waals surface area contributed by atoms with E-state index in [0.717, 1.165) is 16.7 Å². The molecule has 1 aromatic carbocycles. The van der Waals surface area contributed by atoms with Crippen molar-refractivity contribution in [3.05, 3.63) is 66.1 Å². The normalized spacial score (nSPS) is 13.4. The van der Waals surface area contributed by atoms with Crippen LogP contribution >= 0.6 is 0 Å². The maximum atomic E-state index is 11.5. The third-order valence-corrected chi connectivity index (χ3v) is 4.43. The van der Waals surface area contributed by atoms with Crippen LogP contribution in [0.1, 0.15) is 15.9 Å². The molecular weight excluding hydrogens is 346 g/mol. The van der Waals surface area contributed by atoms with Crippen LogP contribution in [0.15, 0.2) is 55.0 Å². The highest BCUT2D eigenvalue weighted by molar-refractivity contribution is 5.93. The molecule has 1 aliphatic heterocycles. The Kier molecular flexibility index (Phi) is 4.33. The van der Waals surface area contributed by atoms with E-state index in [0.29, 0.717) is 31.3 Å². The smallest absolute Gasteiger partial charge is 0.339 e. The Hall–Kier alpha value is -3.61. The predicted molar refractivity (Wildman–Crippen MR) is 99.1 cm³/mol. The quantitative estimate of drug-likeness (QED) is 0.738. The number of benzene rings is 1. The molecule has 0 aliphatic carbocycles. The third-order valence-electron chi connectivity index (χ3n) is 4.43. The standard InChI is InChI=1S/C20H17N3O4/c24-17-10-14(13-3-1-5-21-11-13)9-15-12-23(7-8-27-18(15)17)19-16(20(25)26)4-2-6-22-19/h1-6,9-11,24H,7-8,12H2,(H,25,26). The number of anilines is 1. The van der Waals surface area contributed by atoms with Crippen molar-refractivity contribution in [2.75, 3.05) is 18.1 Å². The van der Waals surface area contributed by atoms with Gasteiger partial charge in [-0.1, -0.05) is 6.07 Å². The van der Waals surface area contributed by atoms with Crippen molar-refractivity contribution >= 4 is 11.8 Å². The summed E-state index contributed by atoms with van der Waals surface area (Å²) in [5.41, 5.74) is 2.57. The minimum Gasteiger partial charge on any atom is -0.504 e. The molecule has 2 N–H and O–H groups in total. The SMILES string of the molecule is O=C(O)c1cccnc1N1CCOc2c(O)cc(-c3cccnc3)cc2C1. The molecule has 1 aliphatic rings. The summed E-state index contributed by atoms with van der Waals surface area (Å²) in [6.45, 7) is 1.13. The maximum Gasteiger partial charge on any atom is 0.339 e. The van der Waals surface area contributed by atoms with Crippen LogP contribution in [0.3, 0.4) is 0 Å². The molecule has 0 fully saturated rings. The molecule has 27 heavy (non-hydrogen) atoms. The third kappa shape index (κ3) is 3.27. The highest BCUT2D eigenvalue weighted by Gasteiger charge is 2.23. The van der Waals surface area contributed by atoms with Crippen LogP contribution in [0.2, 0.25) is 0 Å². The summed E-state index contributed by atoms with van der Waals surface area (Å²) in [4.78, 5) is 21.8. The van der Waals surface area contributed by atoms with Gasteiger partial charge < -0.3 is 19.8 Å². The first-order valence-electron chi connectivity index (χ1n) is 8.46. The summed E-state index contributed by atoms with van der Waals surface area (Å²) in [6.07, 6.45) is 4.97. The van der Waals surface area contributed by atoms with E-state index in [1.165, 1.54) is 6.07 Å². The number of fused-ring (bicyclic) bond motifs is 1. The molecule has 7 nitrogen and oxygen atoms in total. The molecule has 7 heteroatoms. The van der Waals surface area contributed by atoms with Crippen molar-refractivity contribution in [2.24, 2.45) is 0 Å². The fraction of sp³-hybridized carbons (Fsp3) is 0.150. The maximum absolute atomic E-state index is 11.5. The number of hydrogen-bond acceptors (Lipinski definition) is 6. The molecule has 3 aromatic rings. The number of aromatic carboxylic acids is 1. The van der Waals surface area contributed by atoms with Gasteiger partial charge in [-0.2, -0.15) is 0 Å². The lowest BCUT2D eigenvalue weighted by Gasteiger charge is -2.22. The number of hydrogen-bond donors (Lipinski definition) is 2. The van der Waals surface area contributed by atoms with Gasteiger partial charge in [0.25, 0.3) is 0 Å². The first-order chi connectivity index (χ1) is 13.1. The number of ether oxygens (including phenoxy) is 1. The van der Waals surface area contributed by atoms with Crippen LogP contribution in [0.25, 0.3) is 11.1 Å². The second-order valence-electron chi connectivity index (χ2n) is 6.18. The number of aromatic hydroxyl groups is 1. The summed E-state index contributed by atoms with van der Waals surface area (Å²) in [6, 6.07) is 10.4. The number of nitrogens with zero attached hydrogens (tertiary/aromatic N) is 3. The Morgan fingerprint density at radius 1 is 1.15 bits per heavy atom. The molecule has 136 valence electrons. The van der Waals surface area contributed by atoms with Gasteiger partial charge in [0.1, 0.15) is 18.0 Å². The predicted octanol–water partition coefficient (Wildman–Crippen LogP) is 2.95. The average Bonchev–Trinajstić information content (AvgIpc) is 2.91. The highest BCUT2D eigenvalue weighted by atomic mass is 16.5. The fourth-order valence-electron chi connectivity index (χ4n) is 3.20. The molecule has 0 atom stereocenters. The van der Waals surface area contributed by atoms with Crippen molar-refractivity contribution in [2.45, 2.75) is 6.54 Å². The number of phenolic OH excluding ortho intramolecular Hbond substituents is 1. The van der Waals surface area contributed by atoms with E-state index in [2.05, 4.69) is 9.97 Å². The largest absolute Gasteiger partial charge is 0.504 e. The molecule has 0 spiro atoms. The number of aromatic nitrogens is 2. The first kappa shape index (κ1) is 16.8. The topological polar surface area (TPSA) is 95.8 Å². The zero-order valence-corrected chi connectivity index (χ0v) is 14.4. The van der Waals surface area contributed by atoms with E-state index >= 15 is 0 Å². The lowest BCUT2D eigenvalue weighted by Crippen LogP contribution is -2.28. The Balaban J connectivity index is 1.76. The van der Waals surface area contributed by atoms with Crippen molar-refractivity contribution in [3.63, 3.8) is 0 Å². The van der Waals surface area contributed by atoms with Crippen molar-refractivity contribution in [1.82, 2.24) is 9.97 Å². The molecule has 4 rings (SSSR count). The van der Waals surface area contributed by atoms with E-state index in [4.69, 9.17) is 4.74 Å². The van der Waals surface area contributed by atoms with E-state index in [1.807, 2.05) is 23.1 Å². The zero-order valence-electron chi connectivity index (χ0n) is 14.4. The van der Waals surface area contributed by atoms with Gasteiger partial charge in [0.2, 0.25) is 0 Å². The molecule has 0 bridgehead atoms. The summed E-state index contributed by atoms with van der Waals surface area (Å²) >= 11 is 0. The van der Waals surface area contributed by atoms with Crippen molar-refractivity contribution in [1.29, 1.82) is 0 Å².